The van der Waals surface area contributed by atoms with Crippen molar-refractivity contribution in [3.8, 4) is 11.6 Å². The molecule has 0 unspecified atom stereocenters. The summed E-state index contributed by atoms with van der Waals surface area (Å²) in [6.07, 6.45) is 4.69. The monoisotopic (exact) mass is 243 g/mol. The Labute approximate surface area is 107 Å². The number of hydrogen-bond acceptors (Lipinski definition) is 3. The van der Waals surface area contributed by atoms with Gasteiger partial charge >= 0.3 is 0 Å². The average Bonchev–Trinajstić information content (AvgIpc) is 3.12. The fourth-order valence-corrected chi connectivity index (χ4v) is 1.90. The highest BCUT2D eigenvalue weighted by Crippen LogP contribution is 2.31. The van der Waals surface area contributed by atoms with E-state index in [1.165, 1.54) is 12.8 Å². The first-order chi connectivity index (χ1) is 8.72. The van der Waals surface area contributed by atoms with Gasteiger partial charge < -0.3 is 9.47 Å². The van der Waals surface area contributed by atoms with Crippen LogP contribution < -0.4 is 9.47 Å². The summed E-state index contributed by atoms with van der Waals surface area (Å²) in [5.41, 5.74) is 0. The first kappa shape index (κ1) is 11.3. The zero-order valence-corrected chi connectivity index (χ0v) is 10.7. The Morgan fingerprint density at radius 2 is 2.06 bits per heavy atom. The number of aromatic nitrogens is 1. The maximum atomic E-state index is 5.79. The second-order valence-electron chi connectivity index (χ2n) is 4.98. The number of rotatable bonds is 4. The summed E-state index contributed by atoms with van der Waals surface area (Å²) in [5, 5.41) is 2.15. The Hall–Kier alpha value is -1.77. The number of nitrogens with zero attached hydrogens (tertiary/aromatic N) is 1. The molecule has 0 atom stereocenters. The Balaban J connectivity index is 1.95. The molecule has 1 heterocycles. The van der Waals surface area contributed by atoms with E-state index >= 15 is 0 Å². The third-order valence-corrected chi connectivity index (χ3v) is 2.87. The number of fused-ring (bicyclic) bond motifs is 1. The van der Waals surface area contributed by atoms with Gasteiger partial charge in [0.25, 0.3) is 0 Å². The molecule has 0 spiro atoms. The van der Waals surface area contributed by atoms with Crippen LogP contribution in [0.15, 0.2) is 30.5 Å². The third kappa shape index (κ3) is 2.40. The molecule has 0 N–H and O–H groups in total. The van der Waals surface area contributed by atoms with Gasteiger partial charge in [0.05, 0.1) is 12.2 Å². The number of ether oxygens (including phenoxy) is 2. The van der Waals surface area contributed by atoms with Gasteiger partial charge in [0, 0.05) is 11.6 Å². The second kappa shape index (κ2) is 4.48. The van der Waals surface area contributed by atoms with Gasteiger partial charge in [0.15, 0.2) is 0 Å². The van der Waals surface area contributed by atoms with Gasteiger partial charge in [0.1, 0.15) is 5.75 Å². The van der Waals surface area contributed by atoms with Crippen molar-refractivity contribution in [2.24, 2.45) is 0 Å². The lowest BCUT2D eigenvalue weighted by Crippen LogP contribution is -2.07. The van der Waals surface area contributed by atoms with E-state index in [4.69, 9.17) is 9.47 Å². The van der Waals surface area contributed by atoms with Crippen LogP contribution in [0.1, 0.15) is 26.7 Å². The number of hydrogen-bond donors (Lipinski definition) is 0. The minimum atomic E-state index is 0.130. The van der Waals surface area contributed by atoms with E-state index in [9.17, 15) is 0 Å². The maximum absolute atomic E-state index is 5.79. The fraction of sp³-hybridized carbons (Fsp3) is 0.400. The van der Waals surface area contributed by atoms with Crippen molar-refractivity contribution in [1.82, 2.24) is 4.98 Å². The Kier molecular flexibility index (Phi) is 2.82. The SMILES string of the molecule is CC(C)Oc1nccc2cc(OC3CC3)ccc12. The maximum Gasteiger partial charge on any atom is 0.221 e. The van der Waals surface area contributed by atoms with Gasteiger partial charge in [0.2, 0.25) is 5.88 Å². The molecule has 1 saturated carbocycles. The van der Waals surface area contributed by atoms with E-state index in [0.717, 1.165) is 16.5 Å². The molecule has 0 bridgehead atoms. The van der Waals surface area contributed by atoms with Crippen LogP contribution in [0.25, 0.3) is 10.8 Å². The smallest absolute Gasteiger partial charge is 0.221 e. The molecule has 94 valence electrons. The van der Waals surface area contributed by atoms with E-state index < -0.39 is 0 Å². The molecule has 0 radical (unpaired) electrons. The van der Waals surface area contributed by atoms with Gasteiger partial charge in [-0.3, -0.25) is 0 Å². The molecular weight excluding hydrogens is 226 g/mol. The van der Waals surface area contributed by atoms with Crippen LogP contribution >= 0.6 is 0 Å². The fourth-order valence-electron chi connectivity index (χ4n) is 1.90. The minimum absolute atomic E-state index is 0.130. The zero-order chi connectivity index (χ0) is 12.5. The molecule has 2 aromatic rings. The highest BCUT2D eigenvalue weighted by molar-refractivity contribution is 5.87. The number of pyridine rings is 1. The van der Waals surface area contributed by atoms with Crippen LogP contribution in [-0.2, 0) is 0 Å². The van der Waals surface area contributed by atoms with Crippen molar-refractivity contribution in [2.45, 2.75) is 38.9 Å². The summed E-state index contributed by atoms with van der Waals surface area (Å²) in [5.74, 6) is 1.63. The lowest BCUT2D eigenvalue weighted by Gasteiger charge is -2.12. The first-order valence-corrected chi connectivity index (χ1v) is 6.44. The predicted octanol–water partition coefficient (Wildman–Crippen LogP) is 3.56. The molecule has 3 heteroatoms. The van der Waals surface area contributed by atoms with Crippen molar-refractivity contribution in [1.29, 1.82) is 0 Å². The van der Waals surface area contributed by atoms with Gasteiger partial charge in [-0.2, -0.15) is 0 Å². The molecule has 1 aliphatic carbocycles. The van der Waals surface area contributed by atoms with Crippen molar-refractivity contribution in [3.05, 3.63) is 30.5 Å². The highest BCUT2D eigenvalue weighted by atomic mass is 16.5. The number of benzene rings is 1. The van der Waals surface area contributed by atoms with E-state index in [1.807, 2.05) is 32.0 Å². The molecule has 3 nitrogen and oxygen atoms in total. The standard InChI is InChI=1S/C15H17NO2/c1-10(2)17-15-14-6-5-13(18-12-3-4-12)9-11(14)7-8-16-15/h5-10,12H,3-4H2,1-2H3. The Morgan fingerprint density at radius 1 is 1.22 bits per heavy atom. The molecule has 3 rings (SSSR count). The summed E-state index contributed by atoms with van der Waals surface area (Å²) in [4.78, 5) is 4.29. The predicted molar refractivity (Wildman–Crippen MR) is 71.2 cm³/mol. The highest BCUT2D eigenvalue weighted by Gasteiger charge is 2.23. The van der Waals surface area contributed by atoms with Crippen molar-refractivity contribution < 1.29 is 9.47 Å². The van der Waals surface area contributed by atoms with Gasteiger partial charge in [-0.1, -0.05) is 0 Å². The summed E-state index contributed by atoms with van der Waals surface area (Å²) in [6, 6.07) is 8.07. The van der Waals surface area contributed by atoms with E-state index in [0.29, 0.717) is 12.0 Å². The van der Waals surface area contributed by atoms with Gasteiger partial charge in [-0.15, -0.1) is 0 Å². The summed E-state index contributed by atoms with van der Waals surface area (Å²) < 4.78 is 11.5. The third-order valence-electron chi connectivity index (χ3n) is 2.87. The Bertz CT molecular complexity index is 561. The van der Waals surface area contributed by atoms with Crippen molar-refractivity contribution >= 4 is 10.8 Å². The van der Waals surface area contributed by atoms with Crippen molar-refractivity contribution in [2.75, 3.05) is 0 Å². The molecular formula is C15H17NO2. The van der Waals surface area contributed by atoms with Crippen LogP contribution in [0.2, 0.25) is 0 Å². The summed E-state index contributed by atoms with van der Waals surface area (Å²) in [7, 11) is 0. The van der Waals surface area contributed by atoms with E-state index in [1.54, 1.807) is 6.20 Å². The van der Waals surface area contributed by atoms with E-state index in [2.05, 4.69) is 11.1 Å². The molecule has 1 aromatic carbocycles. The van der Waals surface area contributed by atoms with Crippen LogP contribution in [0.5, 0.6) is 11.6 Å². The van der Waals surface area contributed by atoms with Crippen LogP contribution in [0.4, 0.5) is 0 Å². The lowest BCUT2D eigenvalue weighted by molar-refractivity contribution is 0.236. The quantitative estimate of drug-likeness (QED) is 0.822. The molecule has 0 amide bonds. The molecule has 1 aliphatic rings. The molecule has 18 heavy (non-hydrogen) atoms. The van der Waals surface area contributed by atoms with Gasteiger partial charge in [-0.25, -0.2) is 4.98 Å². The van der Waals surface area contributed by atoms with Crippen molar-refractivity contribution in [3.63, 3.8) is 0 Å². The normalized spacial score (nSPS) is 15.1. The van der Waals surface area contributed by atoms with Crippen LogP contribution in [0.3, 0.4) is 0 Å². The molecule has 0 saturated heterocycles. The minimum Gasteiger partial charge on any atom is -0.490 e. The molecule has 0 aliphatic heterocycles. The van der Waals surface area contributed by atoms with Crippen LogP contribution in [-0.4, -0.2) is 17.2 Å². The molecule has 1 fully saturated rings. The summed E-state index contributed by atoms with van der Waals surface area (Å²) >= 11 is 0. The van der Waals surface area contributed by atoms with Gasteiger partial charge in [-0.05, 0) is 56.3 Å². The first-order valence-electron chi connectivity index (χ1n) is 6.44. The largest absolute Gasteiger partial charge is 0.490 e. The Morgan fingerprint density at radius 3 is 2.78 bits per heavy atom. The van der Waals surface area contributed by atoms with E-state index in [-0.39, 0.29) is 6.10 Å². The average molecular weight is 243 g/mol. The second-order valence-corrected chi connectivity index (χ2v) is 4.98. The molecule has 1 aromatic heterocycles. The lowest BCUT2D eigenvalue weighted by atomic mass is 10.1. The summed E-state index contributed by atoms with van der Waals surface area (Å²) in [6.45, 7) is 4.01. The topological polar surface area (TPSA) is 31.4 Å². The van der Waals surface area contributed by atoms with Crippen LogP contribution in [0, 0.1) is 0 Å². The zero-order valence-electron chi connectivity index (χ0n) is 10.7.